The van der Waals surface area contributed by atoms with Crippen molar-refractivity contribution in [2.24, 2.45) is 0 Å². The molecular formula is C21H17ClN4O4S. The van der Waals surface area contributed by atoms with Crippen LogP contribution in [0.4, 0.5) is 5.69 Å². The van der Waals surface area contributed by atoms with Crippen molar-refractivity contribution < 1.29 is 14.3 Å². The van der Waals surface area contributed by atoms with Gasteiger partial charge >= 0.3 is 5.97 Å². The molecule has 1 aromatic carbocycles. The molecule has 0 aliphatic heterocycles. The Morgan fingerprint density at radius 1 is 1.29 bits per heavy atom. The third-order valence-corrected chi connectivity index (χ3v) is 6.20. The molecule has 3 aromatic heterocycles. The van der Waals surface area contributed by atoms with Crippen LogP contribution < -0.4 is 10.9 Å². The van der Waals surface area contributed by atoms with Gasteiger partial charge in [-0.3, -0.25) is 14.3 Å². The molecule has 4 aromatic rings. The van der Waals surface area contributed by atoms with Gasteiger partial charge < -0.3 is 15.0 Å². The lowest BCUT2D eigenvalue weighted by atomic mass is 10.2. The summed E-state index contributed by atoms with van der Waals surface area (Å²) in [4.78, 5) is 40.2. The molecule has 0 saturated heterocycles. The van der Waals surface area contributed by atoms with Crippen molar-refractivity contribution in [1.29, 1.82) is 0 Å². The molecule has 0 fully saturated rings. The predicted molar refractivity (Wildman–Crippen MR) is 119 cm³/mol. The van der Waals surface area contributed by atoms with E-state index in [0.29, 0.717) is 16.4 Å². The summed E-state index contributed by atoms with van der Waals surface area (Å²) < 4.78 is 6.45. The van der Waals surface area contributed by atoms with Crippen molar-refractivity contribution >= 4 is 50.7 Å². The van der Waals surface area contributed by atoms with Crippen LogP contribution >= 0.6 is 22.9 Å². The van der Waals surface area contributed by atoms with E-state index in [1.165, 1.54) is 30.7 Å². The maximum atomic E-state index is 12.8. The second-order valence-electron chi connectivity index (χ2n) is 6.74. The number of aryl methyl sites for hydroxylation is 1. The average molecular weight is 457 g/mol. The molecule has 0 radical (unpaired) electrons. The summed E-state index contributed by atoms with van der Waals surface area (Å²) in [5, 5.41) is 8.61. The lowest BCUT2D eigenvalue weighted by molar-refractivity contribution is 0.0600. The Labute approximate surface area is 185 Å². The molecule has 3 heterocycles. The smallest absolute Gasteiger partial charge is 0.339 e. The van der Waals surface area contributed by atoms with E-state index in [-0.39, 0.29) is 11.3 Å². The van der Waals surface area contributed by atoms with E-state index >= 15 is 0 Å². The van der Waals surface area contributed by atoms with Gasteiger partial charge in [-0.2, -0.15) is 5.10 Å². The molecule has 2 N–H and O–H groups in total. The minimum Gasteiger partial charge on any atom is -0.465 e. The Morgan fingerprint density at radius 2 is 2.06 bits per heavy atom. The molecule has 31 heavy (non-hydrogen) atoms. The van der Waals surface area contributed by atoms with Crippen LogP contribution in [0.15, 0.2) is 47.4 Å². The van der Waals surface area contributed by atoms with Crippen LogP contribution in [0.3, 0.4) is 0 Å². The number of nitrogens with zero attached hydrogens (tertiary/aromatic N) is 2. The number of methoxy groups -OCH3 is 1. The van der Waals surface area contributed by atoms with Crippen LogP contribution in [0.1, 0.15) is 31.3 Å². The lowest BCUT2D eigenvalue weighted by Crippen LogP contribution is -2.20. The van der Waals surface area contributed by atoms with Crippen LogP contribution in [0.5, 0.6) is 0 Å². The zero-order valence-electron chi connectivity index (χ0n) is 16.6. The Kier molecular flexibility index (Phi) is 5.62. The van der Waals surface area contributed by atoms with E-state index in [2.05, 4.69) is 20.1 Å². The Morgan fingerprint density at radius 3 is 2.81 bits per heavy atom. The van der Waals surface area contributed by atoms with Crippen LogP contribution in [0, 0.1) is 6.92 Å². The maximum Gasteiger partial charge on any atom is 0.339 e. The molecule has 0 aliphatic carbocycles. The minimum atomic E-state index is -0.621. The van der Waals surface area contributed by atoms with Gasteiger partial charge in [-0.25, -0.2) is 4.79 Å². The van der Waals surface area contributed by atoms with E-state index in [9.17, 15) is 14.4 Å². The second kappa shape index (κ2) is 8.37. The van der Waals surface area contributed by atoms with Crippen molar-refractivity contribution in [2.75, 3.05) is 12.4 Å². The number of benzene rings is 1. The lowest BCUT2D eigenvalue weighted by Gasteiger charge is -2.06. The van der Waals surface area contributed by atoms with Crippen LogP contribution in [0.25, 0.3) is 10.2 Å². The van der Waals surface area contributed by atoms with Gasteiger partial charge in [0.1, 0.15) is 10.5 Å². The number of halogens is 1. The Balaban J connectivity index is 1.64. The topological polar surface area (TPSA) is 106 Å². The fourth-order valence-electron chi connectivity index (χ4n) is 3.12. The third kappa shape index (κ3) is 4.10. The number of carbonyl (C=O) groups is 2. The molecule has 4 rings (SSSR count). The van der Waals surface area contributed by atoms with E-state index in [4.69, 9.17) is 11.6 Å². The maximum absolute atomic E-state index is 12.8. The highest BCUT2D eigenvalue weighted by atomic mass is 35.5. The number of carbonyl (C=O) groups excluding carboxylic acids is 2. The largest absolute Gasteiger partial charge is 0.465 e. The monoisotopic (exact) mass is 456 g/mol. The summed E-state index contributed by atoms with van der Waals surface area (Å²) in [6.07, 6.45) is 1.23. The number of nitrogens with one attached hydrogen (secondary N) is 2. The van der Waals surface area contributed by atoms with Gasteiger partial charge in [0.2, 0.25) is 0 Å². The number of amides is 1. The molecule has 1 amide bonds. The van der Waals surface area contributed by atoms with Crippen molar-refractivity contribution in [3.05, 3.63) is 79.7 Å². The van der Waals surface area contributed by atoms with Crippen LogP contribution in [0.2, 0.25) is 5.02 Å². The predicted octanol–water partition coefficient (Wildman–Crippen LogP) is 3.84. The van der Waals surface area contributed by atoms with Crippen molar-refractivity contribution in [3.63, 3.8) is 0 Å². The number of hydrogen-bond donors (Lipinski definition) is 2. The number of H-pyrrole nitrogens is 1. The number of rotatable bonds is 5. The third-order valence-electron chi connectivity index (χ3n) is 4.68. The summed E-state index contributed by atoms with van der Waals surface area (Å²) in [5.41, 5.74) is 1.25. The van der Waals surface area contributed by atoms with Crippen LogP contribution in [-0.2, 0) is 11.3 Å². The van der Waals surface area contributed by atoms with Gasteiger partial charge in [0.15, 0.2) is 0 Å². The van der Waals surface area contributed by atoms with Crippen molar-refractivity contribution in [1.82, 2.24) is 14.8 Å². The molecule has 0 saturated carbocycles. The first kappa shape index (κ1) is 20.8. The number of aromatic nitrogens is 3. The number of aromatic amines is 1. The Bertz CT molecular complexity index is 1370. The van der Waals surface area contributed by atoms with Gasteiger partial charge in [-0.1, -0.05) is 29.8 Å². The first-order valence-corrected chi connectivity index (χ1v) is 10.4. The SMILES string of the molecule is COC(=O)c1c[nH]c(=O)c(NC(=O)c2cc3c(C)nn(Cc4ccccc4Cl)c3s2)c1. The summed E-state index contributed by atoms with van der Waals surface area (Å²) >= 11 is 7.53. The molecule has 0 unspecified atom stereocenters. The van der Waals surface area contributed by atoms with Gasteiger partial charge in [-0.05, 0) is 30.7 Å². The van der Waals surface area contributed by atoms with E-state index in [0.717, 1.165) is 21.5 Å². The molecule has 10 heteroatoms. The summed E-state index contributed by atoms with van der Waals surface area (Å²) in [5.74, 6) is -1.08. The first-order chi connectivity index (χ1) is 14.9. The molecular weight excluding hydrogens is 440 g/mol. The Hall–Kier alpha value is -3.43. The molecule has 0 atom stereocenters. The normalized spacial score (nSPS) is 10.9. The highest BCUT2D eigenvalue weighted by Crippen LogP contribution is 2.30. The quantitative estimate of drug-likeness (QED) is 0.444. The number of hydrogen-bond acceptors (Lipinski definition) is 6. The number of esters is 1. The zero-order valence-corrected chi connectivity index (χ0v) is 18.1. The van der Waals surface area contributed by atoms with Crippen molar-refractivity contribution in [2.45, 2.75) is 13.5 Å². The van der Waals surface area contributed by atoms with Gasteiger partial charge in [0.05, 0.1) is 29.8 Å². The molecule has 0 bridgehead atoms. The number of pyridine rings is 1. The van der Waals surface area contributed by atoms with Crippen LogP contribution in [-0.4, -0.2) is 33.8 Å². The highest BCUT2D eigenvalue weighted by molar-refractivity contribution is 7.20. The van der Waals surface area contributed by atoms with Gasteiger partial charge in [0, 0.05) is 16.6 Å². The highest BCUT2D eigenvalue weighted by Gasteiger charge is 2.18. The first-order valence-electron chi connectivity index (χ1n) is 9.20. The van der Waals surface area contributed by atoms with E-state index in [1.54, 1.807) is 10.7 Å². The van der Waals surface area contributed by atoms with E-state index in [1.807, 2.05) is 31.2 Å². The molecule has 158 valence electrons. The summed E-state index contributed by atoms with van der Waals surface area (Å²) in [6, 6.07) is 10.5. The van der Waals surface area contributed by atoms with Gasteiger partial charge in [-0.15, -0.1) is 11.3 Å². The number of anilines is 1. The zero-order chi connectivity index (χ0) is 22.1. The molecule has 8 nitrogen and oxygen atoms in total. The fourth-order valence-corrected chi connectivity index (χ4v) is 4.37. The summed E-state index contributed by atoms with van der Waals surface area (Å²) in [7, 11) is 1.23. The van der Waals surface area contributed by atoms with Crippen molar-refractivity contribution in [3.8, 4) is 0 Å². The average Bonchev–Trinajstić information content (AvgIpc) is 3.32. The fraction of sp³-hybridized carbons (Fsp3) is 0.143. The van der Waals surface area contributed by atoms with E-state index < -0.39 is 17.4 Å². The number of thiophene rings is 1. The standard InChI is InChI=1S/C21H17ClN4O4S/c1-11-14-8-17(19(28)24-16-7-13(21(29)30-2)9-23-18(16)27)31-20(14)26(25-11)10-12-5-3-4-6-15(12)22/h3-9H,10H2,1-2H3,(H,23,27)(H,24,28). The molecule has 0 aliphatic rings. The minimum absolute atomic E-state index is 0.0419. The van der Waals surface area contributed by atoms with Gasteiger partial charge in [0.25, 0.3) is 11.5 Å². The second-order valence-corrected chi connectivity index (χ2v) is 8.18. The summed E-state index contributed by atoms with van der Waals surface area (Å²) in [6.45, 7) is 2.33. The number of fused-ring (bicyclic) bond motifs is 1. The molecule has 0 spiro atoms. The number of ether oxygens (including phenoxy) is 1.